The van der Waals surface area contributed by atoms with Crippen LogP contribution in [0.3, 0.4) is 0 Å². The Hall–Kier alpha value is -1.41. The van der Waals surface area contributed by atoms with E-state index in [1.165, 1.54) is 4.31 Å². The van der Waals surface area contributed by atoms with E-state index in [0.717, 1.165) is 0 Å². The Bertz CT molecular complexity index is 820. The van der Waals surface area contributed by atoms with Gasteiger partial charge in [-0.25, -0.2) is 8.42 Å². The zero-order valence-electron chi connectivity index (χ0n) is 13.9. The van der Waals surface area contributed by atoms with Gasteiger partial charge in [-0.05, 0) is 59.1 Å². The summed E-state index contributed by atoms with van der Waals surface area (Å²) in [5, 5.41) is 0. The van der Waals surface area contributed by atoms with Crippen LogP contribution in [0.4, 0.5) is 0 Å². The van der Waals surface area contributed by atoms with Crippen LogP contribution in [-0.2, 0) is 14.8 Å². The lowest BCUT2D eigenvalue weighted by Crippen LogP contribution is -2.40. The van der Waals surface area contributed by atoms with E-state index >= 15 is 0 Å². The summed E-state index contributed by atoms with van der Waals surface area (Å²) in [5.41, 5.74) is 0. The fraction of sp³-hybridized carbons (Fsp3) is 0.333. The predicted octanol–water partition coefficient (Wildman–Crippen LogP) is 4.04. The summed E-state index contributed by atoms with van der Waals surface area (Å²) in [6.07, 6.45) is 1.43. The first-order valence-corrected chi connectivity index (χ1v) is 10.3. The third-order valence-corrected chi connectivity index (χ3v) is 6.78. The minimum Gasteiger partial charge on any atom is -0.456 e. The van der Waals surface area contributed by atoms with Gasteiger partial charge in [-0.2, -0.15) is 4.31 Å². The normalized spacial score (nSPS) is 16.1. The zero-order chi connectivity index (χ0) is 17.9. The van der Waals surface area contributed by atoms with Crippen LogP contribution in [0.25, 0.3) is 0 Å². The van der Waals surface area contributed by atoms with Gasteiger partial charge < -0.3 is 9.47 Å². The maximum Gasteiger partial charge on any atom is 0.243 e. The molecule has 1 heterocycles. The largest absolute Gasteiger partial charge is 0.456 e. The average molecular weight is 426 g/mol. The number of ether oxygens (including phenoxy) is 2. The summed E-state index contributed by atoms with van der Waals surface area (Å²) in [6.45, 7) is 1.19. The molecule has 2 aromatic carbocycles. The molecule has 1 saturated heterocycles. The molecule has 0 aromatic heterocycles. The van der Waals surface area contributed by atoms with Crippen LogP contribution in [0, 0.1) is 0 Å². The lowest BCUT2D eigenvalue weighted by molar-refractivity contribution is 0.0632. The van der Waals surface area contributed by atoms with Crippen molar-refractivity contribution < 1.29 is 17.9 Å². The lowest BCUT2D eigenvalue weighted by atomic mass is 10.1. The summed E-state index contributed by atoms with van der Waals surface area (Å²) in [4.78, 5) is 0.244. The first-order valence-electron chi connectivity index (χ1n) is 8.07. The Kier molecular flexibility index (Phi) is 5.78. The molecule has 2 aromatic rings. The number of sulfonamides is 1. The molecule has 0 saturated carbocycles. The summed E-state index contributed by atoms with van der Waals surface area (Å²) in [6, 6.07) is 14.2. The average Bonchev–Trinajstić information content (AvgIpc) is 2.64. The van der Waals surface area contributed by atoms with Crippen molar-refractivity contribution in [2.45, 2.75) is 23.8 Å². The predicted molar refractivity (Wildman–Crippen MR) is 99.4 cm³/mol. The number of halogens is 1. The first kappa shape index (κ1) is 18.4. The van der Waals surface area contributed by atoms with Gasteiger partial charge in [0.05, 0.1) is 9.37 Å². The second kappa shape index (κ2) is 7.86. The van der Waals surface area contributed by atoms with Gasteiger partial charge in [0.2, 0.25) is 10.0 Å². The van der Waals surface area contributed by atoms with E-state index in [2.05, 4.69) is 15.9 Å². The highest BCUT2D eigenvalue weighted by molar-refractivity contribution is 9.10. The van der Waals surface area contributed by atoms with Gasteiger partial charge in [0.15, 0.2) is 0 Å². The van der Waals surface area contributed by atoms with E-state index < -0.39 is 10.0 Å². The lowest BCUT2D eigenvalue weighted by Gasteiger charge is -2.30. The molecule has 0 bridgehead atoms. The Balaban J connectivity index is 1.81. The van der Waals surface area contributed by atoms with Crippen molar-refractivity contribution >= 4 is 26.0 Å². The van der Waals surface area contributed by atoms with Crippen LogP contribution in [0.2, 0.25) is 0 Å². The quantitative estimate of drug-likeness (QED) is 0.724. The summed E-state index contributed by atoms with van der Waals surface area (Å²) < 4.78 is 38.9. The molecule has 0 unspecified atom stereocenters. The smallest absolute Gasteiger partial charge is 0.243 e. The van der Waals surface area contributed by atoms with E-state index in [0.29, 0.717) is 42.0 Å². The molecule has 1 aliphatic rings. The summed E-state index contributed by atoms with van der Waals surface area (Å²) in [5.74, 6) is 1.26. The fourth-order valence-corrected chi connectivity index (χ4v) is 4.81. The van der Waals surface area contributed by atoms with Crippen LogP contribution in [0.15, 0.2) is 57.9 Å². The van der Waals surface area contributed by atoms with Crippen molar-refractivity contribution in [1.82, 2.24) is 4.31 Å². The Morgan fingerprint density at radius 2 is 1.80 bits per heavy atom. The Morgan fingerprint density at radius 3 is 2.44 bits per heavy atom. The Labute approximate surface area is 156 Å². The highest BCUT2D eigenvalue weighted by Crippen LogP contribution is 2.33. The van der Waals surface area contributed by atoms with Gasteiger partial charge in [-0.3, -0.25) is 0 Å². The summed E-state index contributed by atoms with van der Waals surface area (Å²) >= 11 is 3.41. The number of nitrogens with zero attached hydrogens (tertiary/aromatic N) is 1. The molecular weight excluding hydrogens is 406 g/mol. The molecule has 0 aliphatic carbocycles. The molecular formula is C18H20BrNO4S. The van der Waals surface area contributed by atoms with Crippen molar-refractivity contribution in [2.24, 2.45) is 0 Å². The fourth-order valence-electron chi connectivity index (χ4n) is 2.75. The molecule has 25 heavy (non-hydrogen) atoms. The van der Waals surface area contributed by atoms with Crippen molar-refractivity contribution in [3.8, 4) is 11.5 Å². The third-order valence-electron chi connectivity index (χ3n) is 4.26. The highest BCUT2D eigenvalue weighted by atomic mass is 79.9. The topological polar surface area (TPSA) is 55.8 Å². The number of hydrogen-bond acceptors (Lipinski definition) is 4. The number of para-hydroxylation sites is 1. The van der Waals surface area contributed by atoms with Gasteiger partial charge >= 0.3 is 0 Å². The van der Waals surface area contributed by atoms with Crippen molar-refractivity contribution in [1.29, 1.82) is 0 Å². The molecule has 0 N–H and O–H groups in total. The molecule has 0 radical (unpaired) electrons. The van der Waals surface area contributed by atoms with Crippen molar-refractivity contribution in [2.75, 3.05) is 20.3 Å². The van der Waals surface area contributed by atoms with Crippen LogP contribution in [0.5, 0.6) is 11.5 Å². The molecule has 7 heteroatoms. The van der Waals surface area contributed by atoms with Gasteiger partial charge in [0.1, 0.15) is 11.5 Å². The minimum atomic E-state index is -3.56. The molecule has 1 fully saturated rings. The number of hydrogen-bond donors (Lipinski definition) is 0. The van der Waals surface area contributed by atoms with Gasteiger partial charge in [0, 0.05) is 26.3 Å². The van der Waals surface area contributed by atoms with Crippen LogP contribution in [0.1, 0.15) is 12.8 Å². The molecule has 3 rings (SSSR count). The van der Waals surface area contributed by atoms with Crippen molar-refractivity contribution in [3.63, 3.8) is 0 Å². The monoisotopic (exact) mass is 425 g/mol. The maximum atomic E-state index is 12.9. The first-order chi connectivity index (χ1) is 12.0. The minimum absolute atomic E-state index is 0.0298. The second-order valence-electron chi connectivity index (χ2n) is 5.87. The third kappa shape index (κ3) is 4.23. The van der Waals surface area contributed by atoms with Gasteiger partial charge in [-0.15, -0.1) is 0 Å². The molecule has 134 valence electrons. The molecule has 1 aliphatic heterocycles. The van der Waals surface area contributed by atoms with E-state index in [1.54, 1.807) is 25.2 Å². The highest BCUT2D eigenvalue weighted by Gasteiger charge is 2.29. The van der Waals surface area contributed by atoms with Crippen molar-refractivity contribution in [3.05, 3.63) is 53.0 Å². The maximum absolute atomic E-state index is 12.9. The van der Waals surface area contributed by atoms with Crippen LogP contribution in [-0.4, -0.2) is 39.0 Å². The van der Waals surface area contributed by atoms with Gasteiger partial charge in [-0.1, -0.05) is 18.2 Å². The van der Waals surface area contributed by atoms with Gasteiger partial charge in [0.25, 0.3) is 0 Å². The summed E-state index contributed by atoms with van der Waals surface area (Å²) in [7, 11) is -1.93. The van der Waals surface area contributed by atoms with Crippen LogP contribution >= 0.6 is 15.9 Å². The number of rotatable bonds is 5. The van der Waals surface area contributed by atoms with E-state index in [1.807, 2.05) is 30.3 Å². The molecule has 0 spiro atoms. The zero-order valence-corrected chi connectivity index (χ0v) is 16.3. The van der Waals surface area contributed by atoms with Crippen LogP contribution < -0.4 is 4.74 Å². The standard InChI is InChI=1S/C18H20BrNO4S/c1-20(14-9-11-23-12-10-14)25(21,22)16-7-8-18(17(19)13-16)24-15-5-3-2-4-6-15/h2-8,13-14H,9-12H2,1H3. The number of benzene rings is 2. The Morgan fingerprint density at radius 1 is 1.12 bits per heavy atom. The molecule has 5 nitrogen and oxygen atoms in total. The van der Waals surface area contributed by atoms with E-state index in [4.69, 9.17) is 9.47 Å². The molecule has 0 amide bonds. The SMILES string of the molecule is CN(C1CCOCC1)S(=O)(=O)c1ccc(Oc2ccccc2)c(Br)c1. The molecule has 0 atom stereocenters. The van der Waals surface area contributed by atoms with E-state index in [9.17, 15) is 8.42 Å². The van der Waals surface area contributed by atoms with E-state index in [-0.39, 0.29) is 10.9 Å². The second-order valence-corrected chi connectivity index (χ2v) is 8.72.